The predicted octanol–water partition coefficient (Wildman–Crippen LogP) is 3.56. The molecule has 0 aliphatic carbocycles. The van der Waals surface area contributed by atoms with Gasteiger partial charge in [-0.05, 0) is 29.8 Å². The van der Waals surface area contributed by atoms with Crippen LogP contribution in [0, 0.1) is 5.92 Å². The minimum absolute atomic E-state index is 0. The Balaban J connectivity index is 0.00000240. The van der Waals surface area contributed by atoms with E-state index >= 15 is 0 Å². The third-order valence-corrected chi connectivity index (χ3v) is 5.20. The predicted molar refractivity (Wildman–Crippen MR) is 114 cm³/mol. The van der Waals surface area contributed by atoms with Gasteiger partial charge in [0.2, 0.25) is 11.8 Å². The fraction of sp³-hybridized carbons (Fsp3) is 0.381. The minimum atomic E-state index is -0.121. The average Bonchev–Trinajstić information content (AvgIpc) is 3.42. The molecule has 0 bridgehead atoms. The van der Waals surface area contributed by atoms with Gasteiger partial charge in [0.05, 0.1) is 18.3 Å². The molecule has 0 saturated carbocycles. The molecule has 1 fully saturated rings. The Kier molecular flexibility index (Phi) is 6.39. The second-order valence-corrected chi connectivity index (χ2v) is 7.61. The molecule has 1 saturated heterocycles. The third kappa shape index (κ3) is 4.52. The lowest BCUT2D eigenvalue weighted by molar-refractivity contribution is -0.119. The van der Waals surface area contributed by atoms with Gasteiger partial charge in [-0.3, -0.25) is 9.48 Å². The molecule has 29 heavy (non-hydrogen) atoms. The summed E-state index contributed by atoms with van der Waals surface area (Å²) in [4.78, 5) is 17.2. The molecule has 4 rings (SSSR count). The lowest BCUT2D eigenvalue weighted by Gasteiger charge is -2.17. The number of amides is 1. The van der Waals surface area contributed by atoms with Crippen molar-refractivity contribution in [2.75, 3.05) is 18.4 Å². The molecule has 8 heteroatoms. The molecule has 3 heterocycles. The van der Waals surface area contributed by atoms with Gasteiger partial charge in [0, 0.05) is 49.4 Å². The molecule has 3 aromatic rings. The summed E-state index contributed by atoms with van der Waals surface area (Å²) in [5.74, 6) is 1.79. The van der Waals surface area contributed by atoms with Crippen LogP contribution >= 0.6 is 12.4 Å². The van der Waals surface area contributed by atoms with E-state index in [4.69, 9.17) is 4.42 Å². The molecule has 1 aromatic carbocycles. The number of oxazole rings is 1. The summed E-state index contributed by atoms with van der Waals surface area (Å²) in [5.41, 5.74) is 2.75. The Labute approximate surface area is 176 Å². The van der Waals surface area contributed by atoms with Crippen molar-refractivity contribution in [1.82, 2.24) is 20.1 Å². The van der Waals surface area contributed by atoms with Crippen LogP contribution in [0.3, 0.4) is 0 Å². The third-order valence-electron chi connectivity index (χ3n) is 5.20. The van der Waals surface area contributed by atoms with Gasteiger partial charge < -0.3 is 15.1 Å². The van der Waals surface area contributed by atoms with E-state index < -0.39 is 0 Å². The summed E-state index contributed by atoms with van der Waals surface area (Å²) < 4.78 is 7.56. The maximum absolute atomic E-state index is 12.8. The maximum atomic E-state index is 12.8. The SMILES string of the molecule is CC(C)c1cnc(-c2ccc(NC(=O)[C@H]3CNC[C@@H]3c3cnn(C)c3)cc2)o1.Cl. The molecule has 7 nitrogen and oxygen atoms in total. The zero-order chi connectivity index (χ0) is 19.7. The highest BCUT2D eigenvalue weighted by atomic mass is 35.5. The van der Waals surface area contributed by atoms with Gasteiger partial charge in [0.15, 0.2) is 0 Å². The van der Waals surface area contributed by atoms with Crippen LogP contribution < -0.4 is 10.6 Å². The smallest absolute Gasteiger partial charge is 0.229 e. The molecule has 1 aliphatic heterocycles. The second-order valence-electron chi connectivity index (χ2n) is 7.61. The van der Waals surface area contributed by atoms with E-state index in [9.17, 15) is 4.79 Å². The van der Waals surface area contributed by atoms with Crippen molar-refractivity contribution in [1.29, 1.82) is 0 Å². The molecule has 154 valence electrons. The van der Waals surface area contributed by atoms with E-state index in [1.807, 2.05) is 43.7 Å². The zero-order valence-corrected chi connectivity index (χ0v) is 17.6. The normalized spacial score (nSPS) is 18.6. The zero-order valence-electron chi connectivity index (χ0n) is 16.8. The van der Waals surface area contributed by atoms with Crippen LogP contribution in [-0.4, -0.2) is 33.8 Å². The molecule has 1 amide bonds. The van der Waals surface area contributed by atoms with E-state index in [1.54, 1.807) is 10.9 Å². The maximum Gasteiger partial charge on any atom is 0.229 e. The summed E-state index contributed by atoms with van der Waals surface area (Å²) >= 11 is 0. The van der Waals surface area contributed by atoms with Crippen molar-refractivity contribution in [3.8, 4) is 11.5 Å². The highest BCUT2D eigenvalue weighted by Crippen LogP contribution is 2.29. The Morgan fingerprint density at radius 3 is 2.62 bits per heavy atom. The summed E-state index contributed by atoms with van der Waals surface area (Å²) in [6.07, 6.45) is 5.59. The molecule has 1 aliphatic rings. The van der Waals surface area contributed by atoms with Crippen molar-refractivity contribution in [2.45, 2.75) is 25.7 Å². The number of aromatic nitrogens is 3. The number of rotatable bonds is 5. The first-order valence-corrected chi connectivity index (χ1v) is 9.57. The summed E-state index contributed by atoms with van der Waals surface area (Å²) in [5, 5.41) is 10.6. The number of benzene rings is 1. The molecule has 2 N–H and O–H groups in total. The van der Waals surface area contributed by atoms with Crippen LogP contribution in [0.15, 0.2) is 47.3 Å². The van der Waals surface area contributed by atoms with Crippen LogP contribution in [0.2, 0.25) is 0 Å². The largest absolute Gasteiger partial charge is 0.441 e. The number of nitrogens with one attached hydrogen (secondary N) is 2. The summed E-state index contributed by atoms with van der Waals surface area (Å²) in [6.45, 7) is 5.59. The lowest BCUT2D eigenvalue weighted by Crippen LogP contribution is -2.28. The fourth-order valence-electron chi connectivity index (χ4n) is 3.55. The molecule has 2 aromatic heterocycles. The van der Waals surface area contributed by atoms with Crippen LogP contribution in [0.5, 0.6) is 0 Å². The Morgan fingerprint density at radius 1 is 1.24 bits per heavy atom. The van der Waals surface area contributed by atoms with Crippen LogP contribution in [-0.2, 0) is 11.8 Å². The highest BCUT2D eigenvalue weighted by molar-refractivity contribution is 5.93. The monoisotopic (exact) mass is 415 g/mol. The van der Waals surface area contributed by atoms with Crippen LogP contribution in [0.1, 0.15) is 37.0 Å². The number of carbonyl (C=O) groups is 1. The number of hydrogen-bond donors (Lipinski definition) is 2. The molecule has 2 atom stereocenters. The molecular formula is C21H26ClN5O2. The van der Waals surface area contributed by atoms with E-state index in [2.05, 4.69) is 34.6 Å². The minimum Gasteiger partial charge on any atom is -0.441 e. The first-order valence-electron chi connectivity index (χ1n) is 9.57. The number of hydrogen-bond acceptors (Lipinski definition) is 5. The quantitative estimate of drug-likeness (QED) is 0.665. The Hall–Kier alpha value is -2.64. The standard InChI is InChI=1S/C21H25N5O2.ClH/c1-13(2)19-11-23-21(28-19)14-4-6-16(7-5-14)25-20(27)18-10-22-9-17(18)15-8-24-26(3)12-15;/h4-8,11-13,17-18,22H,9-10H2,1-3H3,(H,25,27);1H/t17-,18+;/m1./s1. The first-order chi connectivity index (χ1) is 13.5. The van der Waals surface area contributed by atoms with Gasteiger partial charge >= 0.3 is 0 Å². The van der Waals surface area contributed by atoms with Crippen molar-refractivity contribution in [2.24, 2.45) is 13.0 Å². The van der Waals surface area contributed by atoms with Gasteiger partial charge in [-0.25, -0.2) is 4.98 Å². The van der Waals surface area contributed by atoms with E-state index in [0.29, 0.717) is 18.4 Å². The topological polar surface area (TPSA) is 85.0 Å². The van der Waals surface area contributed by atoms with Gasteiger partial charge in [-0.1, -0.05) is 13.8 Å². The van der Waals surface area contributed by atoms with Crippen molar-refractivity contribution < 1.29 is 9.21 Å². The molecule has 0 unspecified atom stereocenters. The van der Waals surface area contributed by atoms with Crippen molar-refractivity contribution >= 4 is 24.0 Å². The Bertz CT molecular complexity index is 964. The average molecular weight is 416 g/mol. The van der Waals surface area contributed by atoms with E-state index in [0.717, 1.165) is 29.1 Å². The lowest BCUT2D eigenvalue weighted by atomic mass is 9.90. The summed E-state index contributed by atoms with van der Waals surface area (Å²) in [7, 11) is 1.89. The molecule has 0 radical (unpaired) electrons. The number of aryl methyl sites for hydroxylation is 1. The molecular weight excluding hydrogens is 390 g/mol. The van der Waals surface area contributed by atoms with Crippen molar-refractivity contribution in [3.63, 3.8) is 0 Å². The second kappa shape index (κ2) is 8.80. The summed E-state index contributed by atoms with van der Waals surface area (Å²) in [6, 6.07) is 7.59. The first kappa shape index (κ1) is 21.1. The number of anilines is 1. The van der Waals surface area contributed by atoms with E-state index in [1.165, 1.54) is 0 Å². The van der Waals surface area contributed by atoms with Crippen LogP contribution in [0.25, 0.3) is 11.5 Å². The van der Waals surface area contributed by atoms with Gasteiger partial charge in [0.1, 0.15) is 5.76 Å². The van der Waals surface area contributed by atoms with Gasteiger partial charge in [0.25, 0.3) is 0 Å². The number of carbonyl (C=O) groups excluding carboxylic acids is 1. The van der Waals surface area contributed by atoms with E-state index in [-0.39, 0.29) is 30.2 Å². The number of nitrogens with zero attached hydrogens (tertiary/aromatic N) is 3. The Morgan fingerprint density at radius 2 is 2.00 bits per heavy atom. The highest BCUT2D eigenvalue weighted by Gasteiger charge is 2.34. The molecule has 0 spiro atoms. The van der Waals surface area contributed by atoms with Crippen LogP contribution in [0.4, 0.5) is 5.69 Å². The number of halogens is 1. The van der Waals surface area contributed by atoms with Gasteiger partial charge in [-0.2, -0.15) is 5.10 Å². The fourth-order valence-corrected chi connectivity index (χ4v) is 3.55. The van der Waals surface area contributed by atoms with Gasteiger partial charge in [-0.15, -0.1) is 12.4 Å². The van der Waals surface area contributed by atoms with Crippen molar-refractivity contribution in [3.05, 3.63) is 54.2 Å².